The lowest BCUT2D eigenvalue weighted by Crippen LogP contribution is -2.40. The summed E-state index contributed by atoms with van der Waals surface area (Å²) < 4.78 is 36.3. The van der Waals surface area contributed by atoms with Crippen molar-refractivity contribution in [3.8, 4) is 0 Å². The van der Waals surface area contributed by atoms with Gasteiger partial charge in [0.1, 0.15) is 7.28 Å². The number of fused-ring (bicyclic) bond motifs is 1. The van der Waals surface area contributed by atoms with Crippen LogP contribution < -0.4 is 5.32 Å². The third-order valence-electron chi connectivity index (χ3n) is 3.88. The highest BCUT2D eigenvalue weighted by Crippen LogP contribution is 2.24. The van der Waals surface area contributed by atoms with Gasteiger partial charge in [0.25, 0.3) is 0 Å². The van der Waals surface area contributed by atoms with Crippen molar-refractivity contribution in [3.63, 3.8) is 0 Å². The first kappa shape index (κ1) is 16.0. The maximum Gasteiger partial charge on any atom is 0.389 e. The largest absolute Gasteiger partial charge is 0.394 e. The van der Waals surface area contributed by atoms with E-state index in [4.69, 9.17) is 0 Å². The third-order valence-corrected chi connectivity index (χ3v) is 3.88. The zero-order chi connectivity index (χ0) is 15.5. The molecule has 0 aromatic heterocycles. The molecule has 1 aliphatic heterocycles. The van der Waals surface area contributed by atoms with Crippen LogP contribution in [0.2, 0.25) is 0 Å². The summed E-state index contributed by atoms with van der Waals surface area (Å²) in [6.07, 6.45) is -2.59. The summed E-state index contributed by atoms with van der Waals surface area (Å²) in [4.78, 5) is 0. The Labute approximate surface area is 124 Å². The van der Waals surface area contributed by atoms with Crippen molar-refractivity contribution >= 4 is 7.28 Å². The smallest absolute Gasteiger partial charge is 0.389 e. The Morgan fingerprint density at radius 1 is 1.43 bits per heavy atom. The normalized spacial score (nSPS) is 17.8. The minimum Gasteiger partial charge on any atom is -0.394 e. The van der Waals surface area contributed by atoms with E-state index >= 15 is 0 Å². The van der Waals surface area contributed by atoms with Crippen LogP contribution in [0.3, 0.4) is 0 Å². The summed E-state index contributed by atoms with van der Waals surface area (Å²) in [7, 11) is 2.18. The molecular weight excluding hydrogens is 274 g/mol. The number of aryl methyl sites for hydroxylation is 1. The first-order valence-electron chi connectivity index (χ1n) is 7.27. The van der Waals surface area contributed by atoms with Gasteiger partial charge in [-0.2, -0.15) is 13.2 Å². The van der Waals surface area contributed by atoms with E-state index in [1.807, 2.05) is 0 Å². The average molecular weight is 294 g/mol. The molecule has 1 aromatic carbocycles. The van der Waals surface area contributed by atoms with Crippen LogP contribution in [-0.4, -0.2) is 19.4 Å². The molecule has 1 unspecified atom stereocenters. The fourth-order valence-corrected chi connectivity index (χ4v) is 2.77. The number of halogens is 3. The second-order valence-corrected chi connectivity index (χ2v) is 5.68. The number of hydrogen-bond acceptors (Lipinski definition) is 1. The lowest BCUT2D eigenvalue weighted by molar-refractivity contribution is -0.135. The molecule has 1 radical (unpaired) electrons. The zero-order valence-electron chi connectivity index (χ0n) is 12.3. The van der Waals surface area contributed by atoms with E-state index in [-0.39, 0.29) is 12.4 Å². The van der Waals surface area contributed by atoms with E-state index in [2.05, 4.69) is 44.3 Å². The molecule has 1 aromatic rings. The van der Waals surface area contributed by atoms with Gasteiger partial charge < -0.3 is 5.32 Å². The van der Waals surface area contributed by atoms with Crippen molar-refractivity contribution in [2.75, 3.05) is 0 Å². The molecule has 21 heavy (non-hydrogen) atoms. The Balaban J connectivity index is 1.81. The molecule has 0 saturated heterocycles. The van der Waals surface area contributed by atoms with E-state index in [1.54, 1.807) is 0 Å². The molecule has 5 heteroatoms. The molecule has 1 heterocycles. The molecule has 2 rings (SSSR count). The van der Waals surface area contributed by atoms with E-state index < -0.39 is 12.6 Å². The van der Waals surface area contributed by atoms with Gasteiger partial charge in [-0.05, 0) is 48.8 Å². The van der Waals surface area contributed by atoms with Gasteiger partial charge in [0.2, 0.25) is 0 Å². The number of rotatable bonds is 5. The first-order chi connectivity index (χ1) is 9.85. The van der Waals surface area contributed by atoms with Crippen LogP contribution >= 0.6 is 0 Å². The Hall–Kier alpha value is -1.39. The molecule has 113 valence electrons. The van der Waals surface area contributed by atoms with Gasteiger partial charge in [-0.15, -0.1) is 0 Å². The lowest BCUT2D eigenvalue weighted by Gasteiger charge is -2.27. The van der Waals surface area contributed by atoms with Crippen molar-refractivity contribution in [1.82, 2.24) is 5.32 Å². The first-order valence-corrected chi connectivity index (χ1v) is 7.27. The highest BCUT2D eigenvalue weighted by atomic mass is 19.4. The third kappa shape index (κ3) is 4.83. The molecule has 0 bridgehead atoms. The zero-order valence-corrected chi connectivity index (χ0v) is 12.3. The second-order valence-electron chi connectivity index (χ2n) is 5.68. The van der Waals surface area contributed by atoms with Gasteiger partial charge in [0, 0.05) is 12.1 Å². The molecule has 0 spiro atoms. The highest BCUT2D eigenvalue weighted by Gasteiger charge is 2.26. The summed E-state index contributed by atoms with van der Waals surface area (Å²) in [6.45, 7) is 5.95. The maximum absolute atomic E-state index is 12.1. The topological polar surface area (TPSA) is 12.0 Å². The van der Waals surface area contributed by atoms with Crippen molar-refractivity contribution in [1.29, 1.82) is 0 Å². The molecule has 1 N–H and O–H groups in total. The summed E-state index contributed by atoms with van der Waals surface area (Å²) in [5, 5.41) is 3.25. The standard InChI is InChI=1S/C16H20BF3N/c1-11-5-3-7-13-9-15(17-10-14(11)13)21-12(2)6-4-8-16(18,19)20/h3,5,7,15,21H,2,4,6,8-10H2,1H3. The number of benzene rings is 1. The fourth-order valence-electron chi connectivity index (χ4n) is 2.77. The van der Waals surface area contributed by atoms with Crippen LogP contribution in [0.5, 0.6) is 0 Å². The molecule has 0 aliphatic carbocycles. The SMILES string of the molecule is C=C(CCCC(F)(F)F)NC1[B]Cc2c(C)cccc2C1. The summed E-state index contributed by atoms with van der Waals surface area (Å²) >= 11 is 0. The molecule has 0 amide bonds. The Kier molecular flexibility index (Phi) is 5.02. The van der Waals surface area contributed by atoms with Gasteiger partial charge in [-0.3, -0.25) is 0 Å². The maximum atomic E-state index is 12.1. The predicted molar refractivity (Wildman–Crippen MR) is 80.3 cm³/mol. The number of hydrogen-bond donors (Lipinski definition) is 1. The van der Waals surface area contributed by atoms with E-state index in [0.29, 0.717) is 12.1 Å². The highest BCUT2D eigenvalue weighted by molar-refractivity contribution is 6.38. The lowest BCUT2D eigenvalue weighted by atomic mass is 9.57. The summed E-state index contributed by atoms with van der Waals surface area (Å²) in [6, 6.07) is 6.28. The molecule has 1 aliphatic rings. The number of alkyl halides is 3. The van der Waals surface area contributed by atoms with Gasteiger partial charge in [-0.1, -0.05) is 31.1 Å². The average Bonchev–Trinajstić information content (AvgIpc) is 2.37. The van der Waals surface area contributed by atoms with Gasteiger partial charge in [0.05, 0.1) is 0 Å². The van der Waals surface area contributed by atoms with Gasteiger partial charge in [0.15, 0.2) is 0 Å². The Morgan fingerprint density at radius 2 is 2.19 bits per heavy atom. The monoisotopic (exact) mass is 294 g/mol. The van der Waals surface area contributed by atoms with Crippen LogP contribution in [0, 0.1) is 6.92 Å². The van der Waals surface area contributed by atoms with Crippen molar-refractivity contribution < 1.29 is 13.2 Å². The van der Waals surface area contributed by atoms with Crippen molar-refractivity contribution in [2.24, 2.45) is 0 Å². The van der Waals surface area contributed by atoms with E-state index in [0.717, 1.165) is 12.7 Å². The van der Waals surface area contributed by atoms with Crippen LogP contribution in [0.25, 0.3) is 0 Å². The molecular formula is C16H20BF3N. The quantitative estimate of drug-likeness (QED) is 0.812. The van der Waals surface area contributed by atoms with Crippen molar-refractivity contribution in [3.05, 3.63) is 47.2 Å². The predicted octanol–water partition coefficient (Wildman–Crippen LogP) is 3.92. The van der Waals surface area contributed by atoms with E-state index in [9.17, 15) is 13.2 Å². The van der Waals surface area contributed by atoms with Crippen LogP contribution in [-0.2, 0) is 12.7 Å². The van der Waals surface area contributed by atoms with Crippen LogP contribution in [0.4, 0.5) is 13.2 Å². The molecule has 1 atom stereocenters. The molecule has 1 nitrogen and oxygen atoms in total. The summed E-state index contributed by atoms with van der Waals surface area (Å²) in [5.74, 6) is 0.165. The minimum absolute atomic E-state index is 0.0950. The van der Waals surface area contributed by atoms with Crippen molar-refractivity contribution in [2.45, 2.75) is 51.0 Å². The minimum atomic E-state index is -4.08. The van der Waals surface area contributed by atoms with Crippen LogP contribution in [0.15, 0.2) is 30.5 Å². The second kappa shape index (κ2) is 6.59. The van der Waals surface area contributed by atoms with E-state index in [1.165, 1.54) is 16.7 Å². The van der Waals surface area contributed by atoms with Gasteiger partial charge >= 0.3 is 6.18 Å². The fraction of sp³-hybridized carbons (Fsp3) is 0.500. The van der Waals surface area contributed by atoms with Gasteiger partial charge in [-0.25, -0.2) is 0 Å². The number of nitrogens with one attached hydrogen (secondary N) is 1. The van der Waals surface area contributed by atoms with Crippen LogP contribution in [0.1, 0.15) is 36.0 Å². The summed E-state index contributed by atoms with van der Waals surface area (Å²) in [5.41, 5.74) is 4.68. The number of allylic oxidation sites excluding steroid dienone is 1. The molecule has 0 fully saturated rings. The Morgan fingerprint density at radius 3 is 2.90 bits per heavy atom. The Bertz CT molecular complexity index is 511. The molecule has 0 saturated carbocycles.